The number of para-hydroxylation sites is 1. The summed E-state index contributed by atoms with van der Waals surface area (Å²) in [4.78, 5) is 53.9. The fourth-order valence-corrected chi connectivity index (χ4v) is 11.6. The van der Waals surface area contributed by atoms with E-state index in [9.17, 15) is 29.5 Å². The molecule has 88 heavy (non-hydrogen) atoms. The first-order chi connectivity index (χ1) is 43.1. The largest absolute Gasteiger partial charge is 0.492 e. The summed E-state index contributed by atoms with van der Waals surface area (Å²) in [6, 6.07) is 35.7. The molecule has 1 unspecified atom stereocenters. The molecular formula is C68H76N10O10. The van der Waals surface area contributed by atoms with Crippen molar-refractivity contribution in [3.8, 4) is 11.8 Å². The Morgan fingerprint density at radius 1 is 0.568 bits per heavy atom. The number of hydrogen-bond donors (Lipinski definition) is 4. The maximum absolute atomic E-state index is 12.7. The summed E-state index contributed by atoms with van der Waals surface area (Å²) >= 11 is 0. The van der Waals surface area contributed by atoms with E-state index >= 15 is 0 Å². The molecule has 0 bridgehead atoms. The average Bonchev–Trinajstić information content (AvgIpc) is 4.61. The quantitative estimate of drug-likeness (QED) is 0.0744. The Balaban J connectivity index is 0.000000130. The van der Waals surface area contributed by atoms with Gasteiger partial charge in [0.1, 0.15) is 41.4 Å². The van der Waals surface area contributed by atoms with Gasteiger partial charge in [-0.3, -0.25) is 19.2 Å². The van der Waals surface area contributed by atoms with Crippen molar-refractivity contribution in [3.63, 3.8) is 0 Å². The lowest BCUT2D eigenvalue weighted by atomic mass is 9.95. The van der Waals surface area contributed by atoms with Crippen LogP contribution in [0.1, 0.15) is 179 Å². The molecule has 0 spiro atoms. The third-order valence-electron chi connectivity index (χ3n) is 16.5. The number of rotatable bonds is 15. The highest BCUT2D eigenvalue weighted by Crippen LogP contribution is 2.30. The number of benzene rings is 4. The Labute approximate surface area is 511 Å². The number of ether oxygens (including phenoxy) is 1. The van der Waals surface area contributed by atoms with Crippen LogP contribution in [0, 0.1) is 11.3 Å². The van der Waals surface area contributed by atoms with Gasteiger partial charge in [0.25, 0.3) is 23.6 Å². The van der Waals surface area contributed by atoms with Crippen LogP contribution in [0.25, 0.3) is 0 Å². The van der Waals surface area contributed by atoms with Crippen molar-refractivity contribution >= 4 is 23.6 Å². The molecule has 0 fully saturated rings. The molecule has 0 saturated heterocycles. The fraction of sp³-hybridized carbons (Fsp3) is 0.397. The molecular weight excluding hydrogens is 1120 g/mol. The summed E-state index contributed by atoms with van der Waals surface area (Å²) in [6.07, 6.45) is 16.5. The Morgan fingerprint density at radius 3 is 1.56 bits per heavy atom. The van der Waals surface area contributed by atoms with Gasteiger partial charge in [-0.05, 0) is 126 Å². The zero-order chi connectivity index (χ0) is 61.2. The van der Waals surface area contributed by atoms with E-state index in [1.54, 1.807) is 0 Å². The Kier molecular flexibility index (Phi) is 21.4. The summed E-state index contributed by atoms with van der Waals surface area (Å²) < 4.78 is 27.0. The van der Waals surface area contributed by atoms with Crippen LogP contribution in [-0.4, -0.2) is 99.6 Å². The molecule has 4 amide bonds. The third-order valence-corrected chi connectivity index (χ3v) is 16.5. The van der Waals surface area contributed by atoms with E-state index in [2.05, 4.69) is 65.7 Å². The predicted molar refractivity (Wildman–Crippen MR) is 325 cm³/mol. The molecule has 4 aromatic carbocycles. The van der Waals surface area contributed by atoms with Crippen molar-refractivity contribution in [3.05, 3.63) is 205 Å². The number of likely N-dealkylation sites (N-methyl/N-ethyl adjacent to an activating group) is 1. The van der Waals surface area contributed by atoms with Crippen LogP contribution in [0.2, 0.25) is 0 Å². The van der Waals surface area contributed by atoms with Crippen molar-refractivity contribution in [1.82, 2.24) is 46.4 Å². The number of nitrogens with zero attached hydrogens (tertiary/aromatic N) is 7. The molecule has 4 aromatic heterocycles. The highest BCUT2D eigenvalue weighted by Gasteiger charge is 2.31. The Morgan fingerprint density at radius 2 is 1.02 bits per heavy atom. The molecule has 2 atom stereocenters. The SMILES string of the molecule is CN(C)CCOc1ccccc1CNC(=O)c1noc2c1CCCC2.N#CC(NC(=O)c1noc2c1CCCC2)c1ccccc1.O=C(N[C@H](CO)c1ccccc1)c1noc2c1CCCC2.O=C(c1noc2c1CCCC2)N1CCc2ccccc2C1. The number of fused-ring (bicyclic) bond motifs is 5. The van der Waals surface area contributed by atoms with E-state index in [1.807, 2.05) is 110 Å². The Hall–Kier alpha value is -9.19. The highest BCUT2D eigenvalue weighted by molar-refractivity contribution is 5.96. The van der Waals surface area contributed by atoms with Gasteiger partial charge in [-0.2, -0.15) is 5.26 Å². The molecule has 0 saturated carbocycles. The minimum atomic E-state index is -0.686. The number of hydrogen-bond acceptors (Lipinski definition) is 16. The topological polar surface area (TPSA) is 268 Å². The van der Waals surface area contributed by atoms with E-state index in [-0.39, 0.29) is 30.2 Å². The minimum Gasteiger partial charge on any atom is -0.492 e. The van der Waals surface area contributed by atoms with Crippen LogP contribution in [0.3, 0.4) is 0 Å². The first-order valence-electron chi connectivity index (χ1n) is 30.7. The Bertz CT molecular complexity index is 3680. The zero-order valence-corrected chi connectivity index (χ0v) is 50.1. The summed E-state index contributed by atoms with van der Waals surface area (Å²) in [5, 5.41) is 43.1. The van der Waals surface area contributed by atoms with Gasteiger partial charge in [-0.1, -0.05) is 124 Å². The molecule has 4 aliphatic carbocycles. The van der Waals surface area contributed by atoms with Crippen LogP contribution in [0.4, 0.5) is 0 Å². The molecule has 4 N–H and O–H groups in total. The average molecular weight is 1190 g/mol. The fourth-order valence-electron chi connectivity index (χ4n) is 11.6. The second-order valence-electron chi connectivity index (χ2n) is 22.8. The number of amides is 4. The minimum absolute atomic E-state index is 0.0244. The van der Waals surface area contributed by atoms with Gasteiger partial charge >= 0.3 is 0 Å². The summed E-state index contributed by atoms with van der Waals surface area (Å²) in [6.45, 7) is 3.13. The molecule has 5 aliphatic rings. The van der Waals surface area contributed by atoms with E-state index < -0.39 is 12.1 Å². The zero-order valence-electron chi connectivity index (χ0n) is 50.1. The molecule has 8 aromatic rings. The monoisotopic (exact) mass is 1190 g/mol. The number of aliphatic hydroxyl groups is 1. The highest BCUT2D eigenvalue weighted by atomic mass is 16.5. The smallest absolute Gasteiger partial charge is 0.276 e. The van der Waals surface area contributed by atoms with Gasteiger partial charge in [-0.15, -0.1) is 0 Å². The van der Waals surface area contributed by atoms with Gasteiger partial charge in [0.15, 0.2) is 22.8 Å². The number of aromatic nitrogens is 4. The lowest BCUT2D eigenvalue weighted by Crippen LogP contribution is -2.36. The van der Waals surface area contributed by atoms with Crippen LogP contribution < -0.4 is 20.7 Å². The molecule has 13 rings (SSSR count). The van der Waals surface area contributed by atoms with E-state index in [0.29, 0.717) is 42.5 Å². The van der Waals surface area contributed by atoms with Gasteiger partial charge in [-0.25, -0.2) is 0 Å². The van der Waals surface area contributed by atoms with Crippen molar-refractivity contribution in [2.45, 2.75) is 134 Å². The predicted octanol–water partition coefficient (Wildman–Crippen LogP) is 9.74. The summed E-state index contributed by atoms with van der Waals surface area (Å²) in [5.74, 6) is 3.41. The summed E-state index contributed by atoms with van der Waals surface area (Å²) in [7, 11) is 4.02. The normalized spacial score (nSPS) is 15.1. The second-order valence-corrected chi connectivity index (χ2v) is 22.8. The van der Waals surface area contributed by atoms with Gasteiger partial charge in [0, 0.05) is 79.7 Å². The van der Waals surface area contributed by atoms with Crippen molar-refractivity contribution in [1.29, 1.82) is 5.26 Å². The molecule has 0 radical (unpaired) electrons. The number of nitriles is 1. The molecule has 20 heteroatoms. The number of carbonyl (C=O) groups excluding carboxylic acids is 4. The first kappa shape index (κ1) is 61.9. The third kappa shape index (κ3) is 15.5. The van der Waals surface area contributed by atoms with Gasteiger partial charge in [0.2, 0.25) is 0 Å². The molecule has 1 aliphatic heterocycles. The maximum Gasteiger partial charge on any atom is 0.276 e. The van der Waals surface area contributed by atoms with Crippen molar-refractivity contribution in [2.24, 2.45) is 0 Å². The maximum atomic E-state index is 12.7. The van der Waals surface area contributed by atoms with Crippen LogP contribution in [-0.2, 0) is 70.9 Å². The molecule has 5 heterocycles. The van der Waals surface area contributed by atoms with Crippen LogP contribution in [0.15, 0.2) is 127 Å². The van der Waals surface area contributed by atoms with E-state index in [4.69, 9.17) is 22.8 Å². The first-order valence-corrected chi connectivity index (χ1v) is 30.7. The van der Waals surface area contributed by atoms with Crippen LogP contribution in [0.5, 0.6) is 5.75 Å². The number of carbonyl (C=O) groups is 4. The van der Waals surface area contributed by atoms with Gasteiger partial charge < -0.3 is 53.7 Å². The van der Waals surface area contributed by atoms with Gasteiger partial charge in [0.05, 0.1) is 18.7 Å². The van der Waals surface area contributed by atoms with Crippen molar-refractivity contribution in [2.75, 3.05) is 40.4 Å². The van der Waals surface area contributed by atoms with E-state index in [1.165, 1.54) is 11.1 Å². The number of aliphatic hydroxyl groups excluding tert-OH is 1. The van der Waals surface area contributed by atoms with Crippen molar-refractivity contribution < 1.29 is 47.1 Å². The summed E-state index contributed by atoms with van der Waals surface area (Å²) in [5.41, 5.74) is 10.7. The second kappa shape index (κ2) is 30.4. The van der Waals surface area contributed by atoms with E-state index in [0.717, 1.165) is 190 Å². The lowest BCUT2D eigenvalue weighted by molar-refractivity contribution is 0.0722. The number of nitrogens with one attached hydrogen (secondary N) is 3. The standard InChI is InChI=1S/C19H25N3O3.C17H18N2O2.C16H15N3O2.C16H18N2O3/c1-22(2)11-12-24-16-9-5-3-7-14(16)13-20-19(23)18-15-8-4-6-10-17(15)25-21-18;20-17(16-14-7-3-4-8-15(14)21-18-16)19-10-9-12-5-1-2-6-13(12)11-19;17-10-13(11-6-2-1-3-7-11)18-16(20)15-12-8-4-5-9-14(12)21-19-15;19-10-13(11-6-2-1-3-7-11)17-16(20)15-12-8-4-5-9-14(12)21-18-15/h3,5,7,9H,4,6,8,10-13H2,1-2H3,(H,20,23);1-2,5-6H,3-4,7-11H2;1-3,6-7,13H,4-5,8-9H2,(H,18,20);1-3,6-7,13,19H,4-5,8-10H2,(H,17,20)/t;;;13-/m...1/s1. The van der Waals surface area contributed by atoms with Crippen LogP contribution >= 0.6 is 0 Å². The lowest BCUT2D eigenvalue weighted by Gasteiger charge is -2.28. The molecule has 458 valence electrons. The number of aryl methyl sites for hydroxylation is 4. The molecule has 20 nitrogen and oxygen atoms in total.